The normalized spacial score (nSPS) is 25.0. The van der Waals surface area contributed by atoms with E-state index in [-0.39, 0.29) is 17.6 Å². The zero-order valence-electron chi connectivity index (χ0n) is 13.5. The summed E-state index contributed by atoms with van der Waals surface area (Å²) in [6.45, 7) is 11.0. The van der Waals surface area contributed by atoms with Crippen molar-refractivity contribution in [1.82, 2.24) is 4.31 Å². The smallest absolute Gasteiger partial charge is 0.243 e. The quantitative estimate of drug-likeness (QED) is 0.844. The molecule has 1 saturated heterocycles. The van der Waals surface area contributed by atoms with Crippen LogP contribution in [0, 0.1) is 0 Å². The number of rotatable bonds is 2. The Bertz CT molecular complexity index is 577. The number of morpholine rings is 1. The molecule has 0 spiro atoms. The Balaban J connectivity index is 2.27. The molecule has 0 saturated carbocycles. The molecule has 2 unspecified atom stereocenters. The van der Waals surface area contributed by atoms with Crippen LogP contribution in [-0.4, -0.2) is 38.0 Å². The highest BCUT2D eigenvalue weighted by molar-refractivity contribution is 7.89. The van der Waals surface area contributed by atoms with E-state index in [1.54, 1.807) is 12.1 Å². The summed E-state index contributed by atoms with van der Waals surface area (Å²) in [6, 6.07) is 7.22. The monoisotopic (exact) mass is 311 g/mol. The fraction of sp³-hybridized carbons (Fsp3) is 0.625. The molecular formula is C16H25NO3S. The number of hydrogen-bond acceptors (Lipinski definition) is 3. The third kappa shape index (κ3) is 3.65. The lowest BCUT2D eigenvalue weighted by Crippen LogP contribution is -2.48. The van der Waals surface area contributed by atoms with Crippen molar-refractivity contribution >= 4 is 10.0 Å². The van der Waals surface area contributed by atoms with Crippen LogP contribution in [0.1, 0.15) is 40.2 Å². The molecule has 1 aliphatic heterocycles. The Labute approximate surface area is 128 Å². The average Bonchev–Trinajstić information content (AvgIpc) is 2.36. The fourth-order valence-corrected chi connectivity index (χ4v) is 4.19. The maximum Gasteiger partial charge on any atom is 0.243 e. The minimum atomic E-state index is -3.44. The lowest BCUT2D eigenvalue weighted by Gasteiger charge is -2.34. The Morgan fingerprint density at radius 3 is 1.95 bits per heavy atom. The summed E-state index contributed by atoms with van der Waals surface area (Å²) in [5.74, 6) is 0. The van der Waals surface area contributed by atoms with Crippen LogP contribution >= 0.6 is 0 Å². The minimum absolute atomic E-state index is 0.0181. The van der Waals surface area contributed by atoms with Crippen molar-refractivity contribution in [1.29, 1.82) is 0 Å². The standard InChI is InChI=1S/C16H25NO3S/c1-12-10-17(11-13(2)20-12)21(18,19)15-8-6-14(7-9-15)16(3,4)5/h6-9,12-13H,10-11H2,1-5H3. The molecule has 1 aliphatic rings. The molecule has 1 aromatic carbocycles. The zero-order chi connectivity index (χ0) is 15.8. The van der Waals surface area contributed by atoms with E-state index in [9.17, 15) is 8.42 Å². The van der Waals surface area contributed by atoms with Gasteiger partial charge in [-0.15, -0.1) is 0 Å². The van der Waals surface area contributed by atoms with Gasteiger partial charge >= 0.3 is 0 Å². The lowest BCUT2D eigenvalue weighted by molar-refractivity contribution is -0.0440. The van der Waals surface area contributed by atoms with Crippen molar-refractivity contribution in [3.8, 4) is 0 Å². The SMILES string of the molecule is CC1CN(S(=O)(=O)c2ccc(C(C)(C)C)cc2)CC(C)O1. The van der Waals surface area contributed by atoms with Crippen LogP contribution in [0.4, 0.5) is 0 Å². The first-order valence-corrected chi connectivity index (χ1v) is 8.81. The zero-order valence-corrected chi connectivity index (χ0v) is 14.3. The number of hydrogen-bond donors (Lipinski definition) is 0. The molecule has 0 aliphatic carbocycles. The molecule has 2 atom stereocenters. The Hall–Kier alpha value is -0.910. The Morgan fingerprint density at radius 2 is 1.52 bits per heavy atom. The summed E-state index contributed by atoms with van der Waals surface area (Å²) >= 11 is 0. The Morgan fingerprint density at radius 1 is 1.05 bits per heavy atom. The second-order valence-electron chi connectivity index (χ2n) is 6.85. The topological polar surface area (TPSA) is 46.6 Å². The summed E-state index contributed by atoms with van der Waals surface area (Å²) < 4.78 is 32.6. The van der Waals surface area contributed by atoms with Crippen LogP contribution in [0.5, 0.6) is 0 Å². The summed E-state index contributed by atoms with van der Waals surface area (Å²) in [4.78, 5) is 0.358. The number of nitrogens with zero attached hydrogens (tertiary/aromatic N) is 1. The average molecular weight is 311 g/mol. The minimum Gasteiger partial charge on any atom is -0.373 e. The van der Waals surface area contributed by atoms with Crippen molar-refractivity contribution in [2.45, 2.75) is 57.1 Å². The first-order chi connectivity index (χ1) is 9.60. The molecule has 1 aromatic rings. The molecular weight excluding hydrogens is 286 g/mol. The van der Waals surface area contributed by atoms with Crippen molar-refractivity contribution in [3.05, 3.63) is 29.8 Å². The van der Waals surface area contributed by atoms with E-state index in [0.717, 1.165) is 5.56 Å². The molecule has 1 heterocycles. The van der Waals surface area contributed by atoms with Crippen LogP contribution in [0.15, 0.2) is 29.2 Å². The first-order valence-electron chi connectivity index (χ1n) is 7.37. The molecule has 5 heteroatoms. The van der Waals surface area contributed by atoms with E-state index in [1.165, 1.54) is 4.31 Å². The predicted octanol–water partition coefficient (Wildman–Crippen LogP) is 2.78. The highest BCUT2D eigenvalue weighted by Crippen LogP contribution is 2.26. The predicted molar refractivity (Wildman–Crippen MR) is 83.9 cm³/mol. The van der Waals surface area contributed by atoms with Crippen LogP contribution in [0.2, 0.25) is 0 Å². The third-order valence-electron chi connectivity index (χ3n) is 3.74. The van der Waals surface area contributed by atoms with Crippen molar-refractivity contribution in [2.24, 2.45) is 0 Å². The molecule has 2 rings (SSSR count). The largest absolute Gasteiger partial charge is 0.373 e. The first kappa shape index (κ1) is 16.5. The number of ether oxygens (including phenoxy) is 1. The molecule has 0 amide bonds. The summed E-state index contributed by atoms with van der Waals surface area (Å²) in [7, 11) is -3.44. The fourth-order valence-electron chi connectivity index (χ4n) is 2.60. The molecule has 21 heavy (non-hydrogen) atoms. The second-order valence-corrected chi connectivity index (χ2v) is 8.79. The lowest BCUT2D eigenvalue weighted by atomic mass is 9.87. The molecule has 0 bridgehead atoms. The molecule has 1 fully saturated rings. The van der Waals surface area contributed by atoms with Gasteiger partial charge in [0.25, 0.3) is 0 Å². The van der Waals surface area contributed by atoms with Gasteiger partial charge in [-0.25, -0.2) is 8.42 Å². The van der Waals surface area contributed by atoms with Gasteiger partial charge in [0.1, 0.15) is 0 Å². The van der Waals surface area contributed by atoms with Crippen molar-refractivity contribution in [3.63, 3.8) is 0 Å². The molecule has 0 N–H and O–H groups in total. The number of benzene rings is 1. The molecule has 0 radical (unpaired) electrons. The van der Waals surface area contributed by atoms with E-state index >= 15 is 0 Å². The van der Waals surface area contributed by atoms with Gasteiger partial charge in [0.05, 0.1) is 17.1 Å². The van der Waals surface area contributed by atoms with E-state index in [1.807, 2.05) is 26.0 Å². The summed E-state index contributed by atoms with van der Waals surface area (Å²) in [5, 5.41) is 0. The highest BCUT2D eigenvalue weighted by atomic mass is 32.2. The van der Waals surface area contributed by atoms with Gasteiger partial charge in [-0.1, -0.05) is 32.9 Å². The maximum absolute atomic E-state index is 12.7. The van der Waals surface area contributed by atoms with Crippen LogP contribution in [-0.2, 0) is 20.2 Å². The van der Waals surface area contributed by atoms with E-state index in [0.29, 0.717) is 18.0 Å². The van der Waals surface area contributed by atoms with E-state index < -0.39 is 10.0 Å². The number of sulfonamides is 1. The van der Waals surface area contributed by atoms with Gasteiger partial charge in [0.15, 0.2) is 0 Å². The van der Waals surface area contributed by atoms with Crippen molar-refractivity contribution < 1.29 is 13.2 Å². The molecule has 118 valence electrons. The third-order valence-corrected chi connectivity index (χ3v) is 5.59. The van der Waals surface area contributed by atoms with E-state index in [2.05, 4.69) is 20.8 Å². The highest BCUT2D eigenvalue weighted by Gasteiger charge is 2.32. The molecule has 4 nitrogen and oxygen atoms in total. The van der Waals surface area contributed by atoms with E-state index in [4.69, 9.17) is 4.74 Å². The molecule has 0 aromatic heterocycles. The van der Waals surface area contributed by atoms with Crippen molar-refractivity contribution in [2.75, 3.05) is 13.1 Å². The van der Waals surface area contributed by atoms with Crippen LogP contribution in [0.25, 0.3) is 0 Å². The van der Waals surface area contributed by atoms with Crippen LogP contribution < -0.4 is 0 Å². The second kappa shape index (κ2) is 5.71. The van der Waals surface area contributed by atoms with Gasteiger partial charge in [-0.05, 0) is 37.0 Å². The van der Waals surface area contributed by atoms with Gasteiger partial charge in [-0.2, -0.15) is 4.31 Å². The Kier molecular flexibility index (Phi) is 4.47. The summed E-state index contributed by atoms with van der Waals surface area (Å²) in [5.41, 5.74) is 1.15. The maximum atomic E-state index is 12.7. The van der Waals surface area contributed by atoms with Gasteiger partial charge in [0.2, 0.25) is 10.0 Å². The van der Waals surface area contributed by atoms with Gasteiger partial charge < -0.3 is 4.74 Å². The summed E-state index contributed by atoms with van der Waals surface area (Å²) in [6.07, 6.45) is -0.144. The van der Waals surface area contributed by atoms with Gasteiger partial charge in [0, 0.05) is 13.1 Å². The van der Waals surface area contributed by atoms with Crippen LogP contribution in [0.3, 0.4) is 0 Å². The van der Waals surface area contributed by atoms with Gasteiger partial charge in [-0.3, -0.25) is 0 Å².